The Hall–Kier alpha value is -2.82. The summed E-state index contributed by atoms with van der Waals surface area (Å²) in [4.78, 5) is 19.7. The lowest BCUT2D eigenvalue weighted by molar-refractivity contribution is 0.265. The van der Waals surface area contributed by atoms with Crippen LogP contribution >= 0.6 is 23.2 Å². The van der Waals surface area contributed by atoms with Crippen molar-refractivity contribution in [2.75, 3.05) is 53.3 Å². The molecule has 5 heterocycles. The van der Waals surface area contributed by atoms with Crippen molar-refractivity contribution >= 4 is 60.5 Å². The molecule has 0 spiro atoms. The van der Waals surface area contributed by atoms with E-state index in [1.807, 2.05) is 12.1 Å². The van der Waals surface area contributed by atoms with Gasteiger partial charge in [0.1, 0.15) is 9.79 Å². The highest BCUT2D eigenvalue weighted by Crippen LogP contribution is 2.43. The van der Waals surface area contributed by atoms with Crippen molar-refractivity contribution in [3.8, 4) is 0 Å². The van der Waals surface area contributed by atoms with Gasteiger partial charge in [-0.1, -0.05) is 23.7 Å². The Bertz CT molecular complexity index is 1950. The average Bonchev–Trinajstić information content (AvgIpc) is 3.97. The summed E-state index contributed by atoms with van der Waals surface area (Å²) in [6, 6.07) is 8.04. The second-order valence-electron chi connectivity index (χ2n) is 13.3. The molecule has 17 heteroatoms. The molecule has 3 aromatic rings. The van der Waals surface area contributed by atoms with Gasteiger partial charge in [0.2, 0.25) is 11.2 Å². The molecule has 3 fully saturated rings. The number of fused-ring (bicyclic) bond motifs is 2. The SMILES string of the molecule is O=S1(=O)CCc2nc(Cl)nc(NC3(CO)CC3)c21.O=S1(=O)CCc2nc(N3CCC(c4ccc(Cl)cc4)CC3)nc(NC3(CO)CC3)c21. The van der Waals surface area contributed by atoms with Gasteiger partial charge in [0.25, 0.3) is 0 Å². The Morgan fingerprint density at radius 3 is 1.75 bits per heavy atom. The highest BCUT2D eigenvalue weighted by atomic mass is 35.5. The minimum absolute atomic E-state index is 0.0297. The first-order valence-corrected chi connectivity index (χ1v) is 20.1. The average molecular weight is 739 g/mol. The quantitative estimate of drug-likeness (QED) is 0.247. The number of aliphatic hydroxyl groups is 2. The first-order valence-electron chi connectivity index (χ1n) is 16.1. The van der Waals surface area contributed by atoms with E-state index in [1.165, 1.54) is 5.56 Å². The molecule has 1 aromatic carbocycles. The van der Waals surface area contributed by atoms with Crippen LogP contribution in [0.25, 0.3) is 0 Å². The zero-order valence-electron chi connectivity index (χ0n) is 26.1. The van der Waals surface area contributed by atoms with Gasteiger partial charge in [0, 0.05) is 31.0 Å². The number of hydrogen-bond acceptors (Lipinski definition) is 13. The molecule has 4 N–H and O–H groups in total. The number of aromatic nitrogens is 4. The van der Waals surface area contributed by atoms with E-state index in [0.29, 0.717) is 41.9 Å². The molecule has 3 aliphatic heterocycles. The molecule has 0 atom stereocenters. The van der Waals surface area contributed by atoms with Crippen molar-refractivity contribution in [1.29, 1.82) is 0 Å². The van der Waals surface area contributed by atoms with Gasteiger partial charge in [-0.25, -0.2) is 26.8 Å². The summed E-state index contributed by atoms with van der Waals surface area (Å²) in [5.74, 6) is 1.75. The topological polar surface area (TPSA) is 188 Å². The predicted molar refractivity (Wildman–Crippen MR) is 182 cm³/mol. The largest absolute Gasteiger partial charge is 0.394 e. The van der Waals surface area contributed by atoms with E-state index >= 15 is 0 Å². The molecule has 8 rings (SSSR count). The van der Waals surface area contributed by atoms with E-state index in [-0.39, 0.29) is 45.6 Å². The van der Waals surface area contributed by atoms with Crippen LogP contribution in [0.5, 0.6) is 0 Å². The van der Waals surface area contributed by atoms with Crippen molar-refractivity contribution in [2.24, 2.45) is 0 Å². The van der Waals surface area contributed by atoms with Crippen LogP contribution in [0.2, 0.25) is 10.3 Å². The van der Waals surface area contributed by atoms with E-state index in [4.69, 9.17) is 23.2 Å². The van der Waals surface area contributed by atoms with Crippen LogP contribution in [0, 0.1) is 0 Å². The van der Waals surface area contributed by atoms with Gasteiger partial charge in [-0.15, -0.1) is 0 Å². The number of anilines is 3. The van der Waals surface area contributed by atoms with Crippen molar-refractivity contribution in [1.82, 2.24) is 19.9 Å². The number of hydrogen-bond donors (Lipinski definition) is 4. The number of nitrogens with one attached hydrogen (secondary N) is 2. The Balaban J connectivity index is 0.000000172. The number of halogens is 2. The zero-order valence-corrected chi connectivity index (χ0v) is 29.3. The molecule has 0 radical (unpaired) electrons. The number of nitrogens with zero attached hydrogens (tertiary/aromatic N) is 5. The minimum atomic E-state index is -3.38. The summed E-state index contributed by atoms with van der Waals surface area (Å²) >= 11 is 11.8. The number of aliphatic hydroxyl groups excluding tert-OH is 2. The minimum Gasteiger partial charge on any atom is -0.394 e. The fourth-order valence-electron chi connectivity index (χ4n) is 6.52. The number of aryl methyl sites for hydroxylation is 2. The van der Waals surface area contributed by atoms with Crippen LogP contribution in [-0.4, -0.2) is 95.9 Å². The molecule has 2 saturated carbocycles. The first-order chi connectivity index (χ1) is 22.8. The summed E-state index contributed by atoms with van der Waals surface area (Å²) in [6.45, 7) is 1.53. The van der Waals surface area contributed by atoms with Gasteiger partial charge < -0.3 is 25.7 Å². The molecular weight excluding hydrogens is 701 g/mol. The van der Waals surface area contributed by atoms with Crippen LogP contribution in [0.3, 0.4) is 0 Å². The van der Waals surface area contributed by atoms with Crippen molar-refractivity contribution in [3.05, 3.63) is 51.5 Å². The Kier molecular flexibility index (Phi) is 8.77. The molecule has 1 saturated heterocycles. The fourth-order valence-corrected chi connectivity index (χ4v) is 9.96. The van der Waals surface area contributed by atoms with Gasteiger partial charge in [-0.3, -0.25) is 0 Å². The third-order valence-corrected chi connectivity index (χ3v) is 13.9. The molecule has 2 aromatic heterocycles. The van der Waals surface area contributed by atoms with Crippen LogP contribution in [0.1, 0.15) is 61.4 Å². The van der Waals surface area contributed by atoms with Crippen LogP contribution in [0.4, 0.5) is 17.6 Å². The summed E-state index contributed by atoms with van der Waals surface area (Å²) in [7, 11) is -6.72. The standard InChI is InChI=1S/C21H25ClN4O3S.C10H12ClN3O3S/c22-16-3-1-14(2-4-16)15-5-10-26(11-6-15)20-23-17-7-12-30(28,29)18(17)19(24-20)25-21(13-27)8-9-21;11-9-12-6-1-4-18(16,17)7(6)8(13-9)14-10(5-15)2-3-10/h1-4,15,27H,5-13H2,(H,23,24,25);15H,1-5H2,(H,12,13,14). The molecule has 48 heavy (non-hydrogen) atoms. The summed E-state index contributed by atoms with van der Waals surface area (Å²) in [6.07, 6.45) is 5.93. The van der Waals surface area contributed by atoms with Gasteiger partial charge in [-0.05, 0) is 73.7 Å². The number of benzene rings is 1. The molecule has 2 aliphatic carbocycles. The van der Waals surface area contributed by atoms with Gasteiger partial charge >= 0.3 is 0 Å². The predicted octanol–water partition coefficient (Wildman–Crippen LogP) is 3.18. The van der Waals surface area contributed by atoms with E-state index in [1.54, 1.807) is 0 Å². The Morgan fingerprint density at radius 2 is 1.25 bits per heavy atom. The number of sulfone groups is 2. The third kappa shape index (κ3) is 6.69. The summed E-state index contributed by atoms with van der Waals surface area (Å²) in [5.41, 5.74) is 1.46. The lowest BCUT2D eigenvalue weighted by Gasteiger charge is -2.33. The Morgan fingerprint density at radius 1 is 0.750 bits per heavy atom. The monoisotopic (exact) mass is 737 g/mol. The number of piperidine rings is 1. The molecule has 0 amide bonds. The van der Waals surface area contributed by atoms with Gasteiger partial charge in [0.05, 0.1) is 47.2 Å². The summed E-state index contributed by atoms with van der Waals surface area (Å²) in [5, 5.41) is 26.0. The zero-order chi connectivity index (χ0) is 33.9. The molecule has 258 valence electrons. The van der Waals surface area contributed by atoms with Crippen molar-refractivity contribution < 1.29 is 27.0 Å². The van der Waals surface area contributed by atoms with E-state index in [0.717, 1.165) is 56.6 Å². The maximum Gasteiger partial charge on any atom is 0.227 e. The Labute approximate surface area is 289 Å². The van der Waals surface area contributed by atoms with E-state index < -0.39 is 30.8 Å². The lowest BCUT2D eigenvalue weighted by Crippen LogP contribution is -2.35. The number of rotatable bonds is 8. The maximum absolute atomic E-state index is 12.6. The molecule has 13 nitrogen and oxygen atoms in total. The van der Waals surface area contributed by atoms with Gasteiger partial charge in [-0.2, -0.15) is 9.97 Å². The van der Waals surface area contributed by atoms with Crippen LogP contribution < -0.4 is 15.5 Å². The highest BCUT2D eigenvalue weighted by molar-refractivity contribution is 7.92. The molecular formula is C31H37Cl2N7O6S2. The van der Waals surface area contributed by atoms with Gasteiger partial charge in [0.15, 0.2) is 31.3 Å². The summed E-state index contributed by atoms with van der Waals surface area (Å²) < 4.78 is 49.1. The van der Waals surface area contributed by atoms with E-state index in [9.17, 15) is 27.0 Å². The molecule has 0 bridgehead atoms. The normalized spacial score (nSPS) is 22.2. The second-order valence-corrected chi connectivity index (χ2v) is 18.2. The highest BCUT2D eigenvalue weighted by Gasteiger charge is 2.46. The molecule has 0 unspecified atom stereocenters. The van der Waals surface area contributed by atoms with E-state index in [2.05, 4.69) is 47.6 Å². The van der Waals surface area contributed by atoms with Crippen LogP contribution in [0.15, 0.2) is 34.1 Å². The second kappa shape index (κ2) is 12.5. The third-order valence-electron chi connectivity index (χ3n) is 9.87. The maximum atomic E-state index is 12.6. The smallest absolute Gasteiger partial charge is 0.227 e. The van der Waals surface area contributed by atoms with Crippen LogP contribution in [-0.2, 0) is 32.5 Å². The fraction of sp³-hybridized carbons (Fsp3) is 0.548. The van der Waals surface area contributed by atoms with Crippen molar-refractivity contribution in [3.63, 3.8) is 0 Å². The van der Waals surface area contributed by atoms with Crippen molar-refractivity contribution in [2.45, 2.75) is 78.2 Å². The molecule has 5 aliphatic rings. The first kappa shape index (κ1) is 33.7. The lowest BCUT2D eigenvalue weighted by atomic mass is 9.89.